The third-order valence-electron chi connectivity index (χ3n) is 3.23. The number of aliphatic hydroxyl groups is 1. The minimum Gasteiger partial charge on any atom is -0.396 e. The van der Waals surface area contributed by atoms with E-state index in [1.807, 2.05) is 0 Å². The number of aryl methyl sites for hydroxylation is 2. The molecule has 0 atom stereocenters. The minimum atomic E-state index is -4.67. The third kappa shape index (κ3) is 2.31. The largest absolute Gasteiger partial charge is 0.419 e. The first kappa shape index (κ1) is 14.6. The summed E-state index contributed by atoms with van der Waals surface area (Å²) in [4.78, 5) is 18.2. The average molecular weight is 289 g/mol. The molecule has 8 heteroatoms. The number of imidazole rings is 1. The number of alkyl halides is 3. The van der Waals surface area contributed by atoms with Gasteiger partial charge in [-0.05, 0) is 19.8 Å². The fraction of sp³-hybridized carbons (Fsp3) is 0.500. The first-order chi connectivity index (χ1) is 9.27. The van der Waals surface area contributed by atoms with E-state index in [9.17, 15) is 18.0 Å². The molecule has 0 aliphatic heterocycles. The van der Waals surface area contributed by atoms with Crippen LogP contribution < -0.4 is 5.56 Å². The number of hydrogen-bond acceptors (Lipinski definition) is 3. The van der Waals surface area contributed by atoms with Gasteiger partial charge in [0.25, 0.3) is 5.56 Å². The van der Waals surface area contributed by atoms with Crippen LogP contribution in [-0.4, -0.2) is 26.2 Å². The van der Waals surface area contributed by atoms with Gasteiger partial charge in [-0.15, -0.1) is 0 Å². The SMILES string of the molecule is Cc1nc2c(C(F)(F)F)c(CCCO)c(=O)[nH]c2n1C. The van der Waals surface area contributed by atoms with Crippen molar-refractivity contribution in [1.82, 2.24) is 14.5 Å². The maximum atomic E-state index is 13.3. The van der Waals surface area contributed by atoms with Crippen LogP contribution in [0.15, 0.2) is 4.79 Å². The smallest absolute Gasteiger partial charge is 0.396 e. The van der Waals surface area contributed by atoms with E-state index in [2.05, 4.69) is 9.97 Å². The molecule has 0 bridgehead atoms. The molecular formula is C12H14F3N3O2. The molecule has 2 aromatic heterocycles. The lowest BCUT2D eigenvalue weighted by Crippen LogP contribution is -2.22. The summed E-state index contributed by atoms with van der Waals surface area (Å²) in [5.74, 6) is 0.375. The van der Waals surface area contributed by atoms with Crippen LogP contribution >= 0.6 is 0 Å². The number of hydrogen-bond donors (Lipinski definition) is 2. The summed E-state index contributed by atoms with van der Waals surface area (Å²) in [6.07, 6.45) is -4.73. The van der Waals surface area contributed by atoms with Crippen molar-refractivity contribution >= 4 is 11.2 Å². The Hall–Kier alpha value is -1.83. The monoisotopic (exact) mass is 289 g/mol. The summed E-state index contributed by atoms with van der Waals surface area (Å²) < 4.78 is 41.2. The standard InChI is InChI=1S/C12H14F3N3O2/c1-6-16-9-8(12(13,14)15)7(4-3-5-19)11(20)17-10(9)18(6)2/h19H,3-5H2,1-2H3,(H,17,20). The predicted octanol–water partition coefficient (Wildman–Crippen LogP) is 1.51. The lowest BCUT2D eigenvalue weighted by molar-refractivity contribution is -0.137. The zero-order chi connectivity index (χ0) is 15.1. The Morgan fingerprint density at radius 2 is 2.05 bits per heavy atom. The van der Waals surface area contributed by atoms with Crippen molar-refractivity contribution in [1.29, 1.82) is 0 Å². The Balaban J connectivity index is 2.84. The highest BCUT2D eigenvalue weighted by Crippen LogP contribution is 2.35. The van der Waals surface area contributed by atoms with Crippen molar-refractivity contribution in [2.75, 3.05) is 6.61 Å². The maximum Gasteiger partial charge on any atom is 0.419 e. The highest BCUT2D eigenvalue weighted by Gasteiger charge is 2.38. The van der Waals surface area contributed by atoms with Gasteiger partial charge < -0.3 is 14.7 Å². The van der Waals surface area contributed by atoms with Crippen LogP contribution in [0.25, 0.3) is 11.2 Å². The second-order valence-corrected chi connectivity index (χ2v) is 4.55. The number of H-pyrrole nitrogens is 1. The molecule has 0 spiro atoms. The van der Waals surface area contributed by atoms with E-state index in [1.165, 1.54) is 11.6 Å². The molecule has 0 aromatic carbocycles. The van der Waals surface area contributed by atoms with Gasteiger partial charge in [0.15, 0.2) is 0 Å². The Kier molecular flexibility index (Phi) is 3.59. The van der Waals surface area contributed by atoms with Crippen LogP contribution in [0.1, 0.15) is 23.4 Å². The molecule has 2 N–H and O–H groups in total. The maximum absolute atomic E-state index is 13.3. The molecule has 0 amide bonds. The Morgan fingerprint density at radius 1 is 1.40 bits per heavy atom. The summed E-state index contributed by atoms with van der Waals surface area (Å²) in [6, 6.07) is 0. The summed E-state index contributed by atoms with van der Waals surface area (Å²) in [5, 5.41) is 8.76. The number of halogens is 3. The van der Waals surface area contributed by atoms with E-state index in [0.29, 0.717) is 5.82 Å². The molecule has 0 unspecified atom stereocenters. The van der Waals surface area contributed by atoms with Crippen molar-refractivity contribution in [2.45, 2.75) is 25.9 Å². The van der Waals surface area contributed by atoms with Crippen LogP contribution in [0.4, 0.5) is 13.2 Å². The minimum absolute atomic E-state index is 0.0487. The molecule has 0 aliphatic carbocycles. The summed E-state index contributed by atoms with van der Waals surface area (Å²) in [6.45, 7) is 1.28. The Morgan fingerprint density at radius 3 is 2.60 bits per heavy atom. The highest BCUT2D eigenvalue weighted by molar-refractivity contribution is 5.77. The topological polar surface area (TPSA) is 70.9 Å². The number of nitrogens with one attached hydrogen (secondary N) is 1. The first-order valence-corrected chi connectivity index (χ1v) is 6.03. The summed E-state index contributed by atoms with van der Waals surface area (Å²) >= 11 is 0. The zero-order valence-electron chi connectivity index (χ0n) is 11.0. The fourth-order valence-corrected chi connectivity index (χ4v) is 2.17. The van der Waals surface area contributed by atoms with Crippen molar-refractivity contribution in [3.8, 4) is 0 Å². The molecule has 2 aromatic rings. The molecule has 2 rings (SSSR count). The van der Waals surface area contributed by atoms with Crippen molar-refractivity contribution < 1.29 is 18.3 Å². The van der Waals surface area contributed by atoms with Gasteiger partial charge in [-0.25, -0.2) is 4.98 Å². The summed E-state index contributed by atoms with van der Waals surface area (Å²) in [5.41, 5.74) is -2.38. The quantitative estimate of drug-likeness (QED) is 0.900. The molecule has 5 nitrogen and oxygen atoms in total. The number of nitrogens with zero attached hydrogens (tertiary/aromatic N) is 2. The van der Waals surface area contributed by atoms with E-state index < -0.39 is 17.3 Å². The van der Waals surface area contributed by atoms with Crippen LogP contribution in [0.5, 0.6) is 0 Å². The number of fused-ring (bicyclic) bond motifs is 1. The number of rotatable bonds is 3. The van der Waals surface area contributed by atoms with E-state index >= 15 is 0 Å². The van der Waals surface area contributed by atoms with Gasteiger partial charge in [-0.1, -0.05) is 0 Å². The van der Waals surface area contributed by atoms with Crippen LogP contribution in [0.3, 0.4) is 0 Å². The number of aromatic amines is 1. The van der Waals surface area contributed by atoms with E-state index in [4.69, 9.17) is 5.11 Å². The van der Waals surface area contributed by atoms with Crippen molar-refractivity contribution in [3.05, 3.63) is 27.3 Å². The zero-order valence-corrected chi connectivity index (χ0v) is 11.0. The molecular weight excluding hydrogens is 275 g/mol. The number of aromatic nitrogens is 3. The van der Waals surface area contributed by atoms with Crippen LogP contribution in [0.2, 0.25) is 0 Å². The van der Waals surface area contributed by atoms with E-state index in [1.54, 1.807) is 6.92 Å². The van der Waals surface area contributed by atoms with Gasteiger partial charge in [-0.3, -0.25) is 4.79 Å². The predicted molar refractivity (Wildman–Crippen MR) is 66.5 cm³/mol. The van der Waals surface area contributed by atoms with Crippen molar-refractivity contribution in [2.24, 2.45) is 7.05 Å². The lowest BCUT2D eigenvalue weighted by atomic mass is 10.0. The van der Waals surface area contributed by atoms with Crippen LogP contribution in [0, 0.1) is 6.92 Å². The lowest BCUT2D eigenvalue weighted by Gasteiger charge is -2.12. The van der Waals surface area contributed by atoms with Crippen LogP contribution in [-0.2, 0) is 19.6 Å². The third-order valence-corrected chi connectivity index (χ3v) is 3.23. The number of pyridine rings is 1. The fourth-order valence-electron chi connectivity index (χ4n) is 2.17. The second kappa shape index (κ2) is 4.93. The van der Waals surface area contributed by atoms with E-state index in [-0.39, 0.29) is 36.2 Å². The molecule has 0 radical (unpaired) electrons. The van der Waals surface area contributed by atoms with Gasteiger partial charge in [-0.2, -0.15) is 13.2 Å². The molecule has 0 aliphatic rings. The Labute approximate surface area is 112 Å². The number of aliphatic hydroxyl groups excluding tert-OH is 1. The highest BCUT2D eigenvalue weighted by atomic mass is 19.4. The average Bonchev–Trinajstić information content (AvgIpc) is 2.61. The molecule has 0 fully saturated rings. The Bertz CT molecular complexity index is 701. The second-order valence-electron chi connectivity index (χ2n) is 4.55. The van der Waals surface area contributed by atoms with E-state index in [0.717, 1.165) is 0 Å². The molecule has 2 heterocycles. The molecule has 0 saturated heterocycles. The molecule has 110 valence electrons. The van der Waals surface area contributed by atoms with Gasteiger partial charge in [0.1, 0.15) is 17.0 Å². The van der Waals surface area contributed by atoms with Gasteiger partial charge >= 0.3 is 6.18 Å². The summed E-state index contributed by atoms with van der Waals surface area (Å²) in [7, 11) is 1.54. The van der Waals surface area contributed by atoms with Gasteiger partial charge in [0, 0.05) is 19.2 Å². The van der Waals surface area contributed by atoms with Crippen molar-refractivity contribution in [3.63, 3.8) is 0 Å². The first-order valence-electron chi connectivity index (χ1n) is 6.03. The molecule has 0 saturated carbocycles. The normalized spacial score (nSPS) is 12.3. The van der Waals surface area contributed by atoms with Gasteiger partial charge in [0.2, 0.25) is 0 Å². The van der Waals surface area contributed by atoms with Gasteiger partial charge in [0.05, 0.1) is 5.56 Å². The molecule has 20 heavy (non-hydrogen) atoms.